The van der Waals surface area contributed by atoms with Gasteiger partial charge in [-0.2, -0.15) is 13.2 Å². The largest absolute Gasteiger partial charge is 0.490 e. The first-order valence-corrected chi connectivity index (χ1v) is 4.87. The van der Waals surface area contributed by atoms with Crippen LogP contribution < -0.4 is 5.32 Å². The molecule has 0 bridgehead atoms. The summed E-state index contributed by atoms with van der Waals surface area (Å²) in [6.45, 7) is 2.59. The Labute approximate surface area is 85.7 Å². The third kappa shape index (κ3) is 3.37. The number of halogens is 3. The minimum atomic E-state index is -5.08. The lowest BCUT2D eigenvalue weighted by atomic mass is 9.68. The Morgan fingerprint density at radius 1 is 1.27 bits per heavy atom. The molecule has 0 aromatic heterocycles. The summed E-state index contributed by atoms with van der Waals surface area (Å²) in [7, 11) is 0. The molecule has 0 aromatic rings. The van der Waals surface area contributed by atoms with E-state index >= 15 is 0 Å². The lowest BCUT2D eigenvalue weighted by Gasteiger charge is -2.37. The molecule has 2 fully saturated rings. The molecular weight excluding hydrogens is 211 g/mol. The molecule has 1 aliphatic heterocycles. The minimum Gasteiger partial charge on any atom is -0.475 e. The van der Waals surface area contributed by atoms with Crippen molar-refractivity contribution in [3.05, 3.63) is 0 Å². The zero-order valence-electron chi connectivity index (χ0n) is 8.23. The van der Waals surface area contributed by atoms with Crippen LogP contribution in [-0.2, 0) is 4.79 Å². The normalized spacial score (nSPS) is 22.9. The molecule has 1 saturated heterocycles. The molecule has 2 aliphatic rings. The molecule has 2 rings (SSSR count). The molecule has 3 nitrogen and oxygen atoms in total. The maximum absolute atomic E-state index is 10.6. The molecule has 1 heterocycles. The lowest BCUT2D eigenvalue weighted by molar-refractivity contribution is -0.192. The third-order valence-corrected chi connectivity index (χ3v) is 2.99. The van der Waals surface area contributed by atoms with Gasteiger partial charge in [-0.3, -0.25) is 0 Å². The number of hydrogen-bond donors (Lipinski definition) is 2. The number of carboxylic acid groups (broad SMARTS) is 1. The number of carbonyl (C=O) groups is 1. The van der Waals surface area contributed by atoms with Gasteiger partial charge in [0.2, 0.25) is 0 Å². The molecule has 2 N–H and O–H groups in total. The molecule has 6 heteroatoms. The van der Waals surface area contributed by atoms with E-state index in [1.807, 2.05) is 0 Å². The fourth-order valence-electron chi connectivity index (χ4n) is 1.90. The highest BCUT2D eigenvalue weighted by Gasteiger charge is 2.39. The van der Waals surface area contributed by atoms with Gasteiger partial charge in [0.25, 0.3) is 0 Å². The van der Waals surface area contributed by atoms with E-state index in [0.717, 1.165) is 5.41 Å². The molecule has 15 heavy (non-hydrogen) atoms. The van der Waals surface area contributed by atoms with Gasteiger partial charge in [0.1, 0.15) is 0 Å². The van der Waals surface area contributed by atoms with E-state index in [9.17, 15) is 13.2 Å². The van der Waals surface area contributed by atoms with Gasteiger partial charge < -0.3 is 10.4 Å². The van der Waals surface area contributed by atoms with Crippen LogP contribution >= 0.6 is 0 Å². The van der Waals surface area contributed by atoms with Crippen LogP contribution in [0.4, 0.5) is 13.2 Å². The molecule has 0 amide bonds. The number of nitrogens with one attached hydrogen (secondary N) is 1. The monoisotopic (exact) mass is 225 g/mol. The molecule has 1 aliphatic carbocycles. The average molecular weight is 225 g/mol. The fourth-order valence-corrected chi connectivity index (χ4v) is 1.90. The van der Waals surface area contributed by atoms with Crippen molar-refractivity contribution in [3.63, 3.8) is 0 Å². The Hall–Kier alpha value is -0.780. The summed E-state index contributed by atoms with van der Waals surface area (Å²) in [5.74, 6) is -2.76. The second-order valence-electron chi connectivity index (χ2n) is 4.08. The lowest BCUT2D eigenvalue weighted by Crippen LogP contribution is -2.31. The van der Waals surface area contributed by atoms with Crippen molar-refractivity contribution in [2.75, 3.05) is 13.1 Å². The number of alkyl halides is 3. The summed E-state index contributed by atoms with van der Waals surface area (Å²) in [4.78, 5) is 8.90. The van der Waals surface area contributed by atoms with Crippen molar-refractivity contribution in [3.8, 4) is 0 Å². The van der Waals surface area contributed by atoms with Crippen LogP contribution in [0.1, 0.15) is 25.7 Å². The van der Waals surface area contributed by atoms with Crippen LogP contribution in [-0.4, -0.2) is 30.3 Å². The SMILES string of the molecule is C1CC2(C1)CCNC2.O=C(O)C(F)(F)F. The van der Waals surface area contributed by atoms with E-state index < -0.39 is 12.1 Å². The summed E-state index contributed by atoms with van der Waals surface area (Å²) in [6.07, 6.45) is 0.856. The van der Waals surface area contributed by atoms with Gasteiger partial charge in [-0.1, -0.05) is 6.42 Å². The van der Waals surface area contributed by atoms with Crippen LogP contribution in [0, 0.1) is 5.41 Å². The first-order valence-electron chi connectivity index (χ1n) is 4.87. The fraction of sp³-hybridized carbons (Fsp3) is 0.889. The maximum Gasteiger partial charge on any atom is 0.490 e. The van der Waals surface area contributed by atoms with E-state index in [1.54, 1.807) is 0 Å². The molecular formula is C9H14F3NO2. The minimum absolute atomic E-state index is 0.806. The maximum atomic E-state index is 10.6. The van der Waals surface area contributed by atoms with Gasteiger partial charge in [-0.05, 0) is 31.2 Å². The topological polar surface area (TPSA) is 49.3 Å². The van der Waals surface area contributed by atoms with Crippen LogP contribution in [0.5, 0.6) is 0 Å². The van der Waals surface area contributed by atoms with E-state index in [-0.39, 0.29) is 0 Å². The Bertz CT molecular complexity index is 228. The number of hydrogen-bond acceptors (Lipinski definition) is 2. The van der Waals surface area contributed by atoms with Gasteiger partial charge in [0.15, 0.2) is 0 Å². The first-order chi connectivity index (χ1) is 6.86. The zero-order chi connectivity index (χ0) is 11.5. The second kappa shape index (κ2) is 4.38. The molecule has 0 radical (unpaired) electrons. The predicted octanol–water partition coefficient (Wildman–Crippen LogP) is 1.78. The van der Waals surface area contributed by atoms with Crippen molar-refractivity contribution >= 4 is 5.97 Å². The predicted molar refractivity (Wildman–Crippen MR) is 47.5 cm³/mol. The summed E-state index contributed by atoms with van der Waals surface area (Å²) in [5.41, 5.74) is 0.806. The number of rotatable bonds is 0. The van der Waals surface area contributed by atoms with Gasteiger partial charge in [0, 0.05) is 6.54 Å². The van der Waals surface area contributed by atoms with Crippen molar-refractivity contribution in [1.82, 2.24) is 5.32 Å². The van der Waals surface area contributed by atoms with Crippen LogP contribution in [0.25, 0.3) is 0 Å². The molecule has 88 valence electrons. The van der Waals surface area contributed by atoms with E-state index in [2.05, 4.69) is 5.32 Å². The van der Waals surface area contributed by atoms with Gasteiger partial charge in [-0.15, -0.1) is 0 Å². The summed E-state index contributed by atoms with van der Waals surface area (Å²) < 4.78 is 31.7. The van der Waals surface area contributed by atoms with Crippen LogP contribution in [0.3, 0.4) is 0 Å². The Kier molecular flexibility index (Phi) is 3.59. The standard InChI is InChI=1S/C7H13N.C2HF3O2/c1-2-7(3-1)4-5-8-6-7;3-2(4,5)1(6)7/h8H,1-6H2;(H,6,7). The van der Waals surface area contributed by atoms with E-state index in [1.165, 1.54) is 38.8 Å². The number of aliphatic carboxylic acids is 1. The third-order valence-electron chi connectivity index (χ3n) is 2.99. The quantitative estimate of drug-likeness (QED) is 0.660. The Morgan fingerprint density at radius 2 is 1.80 bits per heavy atom. The highest BCUT2D eigenvalue weighted by molar-refractivity contribution is 5.73. The molecule has 1 spiro atoms. The number of carboxylic acids is 1. The molecule has 0 aromatic carbocycles. The highest BCUT2D eigenvalue weighted by Crippen LogP contribution is 2.45. The van der Waals surface area contributed by atoms with Crippen LogP contribution in [0.15, 0.2) is 0 Å². The zero-order valence-corrected chi connectivity index (χ0v) is 8.23. The molecule has 1 saturated carbocycles. The Morgan fingerprint density at radius 3 is 1.93 bits per heavy atom. The first kappa shape index (κ1) is 12.3. The van der Waals surface area contributed by atoms with Gasteiger partial charge in [0.05, 0.1) is 0 Å². The Balaban J connectivity index is 0.000000153. The smallest absolute Gasteiger partial charge is 0.475 e. The van der Waals surface area contributed by atoms with Crippen molar-refractivity contribution < 1.29 is 23.1 Å². The van der Waals surface area contributed by atoms with E-state index in [0.29, 0.717) is 0 Å². The average Bonchev–Trinajstić information content (AvgIpc) is 2.49. The van der Waals surface area contributed by atoms with Gasteiger partial charge >= 0.3 is 12.1 Å². The van der Waals surface area contributed by atoms with Crippen LogP contribution in [0.2, 0.25) is 0 Å². The summed E-state index contributed by atoms with van der Waals surface area (Å²) >= 11 is 0. The summed E-state index contributed by atoms with van der Waals surface area (Å²) in [5, 5.41) is 10.5. The van der Waals surface area contributed by atoms with Crippen molar-refractivity contribution in [1.29, 1.82) is 0 Å². The highest BCUT2D eigenvalue weighted by atomic mass is 19.4. The second-order valence-corrected chi connectivity index (χ2v) is 4.08. The van der Waals surface area contributed by atoms with Crippen molar-refractivity contribution in [2.45, 2.75) is 31.9 Å². The molecule has 0 unspecified atom stereocenters. The van der Waals surface area contributed by atoms with Gasteiger partial charge in [-0.25, -0.2) is 4.79 Å². The summed E-state index contributed by atoms with van der Waals surface area (Å²) in [6, 6.07) is 0. The molecule has 0 atom stereocenters. The van der Waals surface area contributed by atoms with Crippen molar-refractivity contribution in [2.24, 2.45) is 5.41 Å². The van der Waals surface area contributed by atoms with E-state index in [4.69, 9.17) is 9.90 Å².